The Labute approximate surface area is 103 Å². The van der Waals surface area contributed by atoms with E-state index in [4.69, 9.17) is 5.11 Å². The van der Waals surface area contributed by atoms with Crippen LogP contribution in [0.1, 0.15) is 13.8 Å². The van der Waals surface area contributed by atoms with Crippen molar-refractivity contribution >= 4 is 23.4 Å². The van der Waals surface area contributed by atoms with Crippen molar-refractivity contribution in [2.24, 2.45) is 5.41 Å². The van der Waals surface area contributed by atoms with Crippen molar-refractivity contribution in [3.63, 3.8) is 0 Å². The van der Waals surface area contributed by atoms with Crippen LogP contribution in [0.25, 0.3) is 0 Å². The highest BCUT2D eigenvalue weighted by Crippen LogP contribution is 2.28. The summed E-state index contributed by atoms with van der Waals surface area (Å²) < 4.78 is 0. The molecule has 6 heteroatoms. The number of aliphatic carboxylic acids is 1. The lowest BCUT2D eigenvalue weighted by Crippen LogP contribution is -2.26. The van der Waals surface area contributed by atoms with Crippen LogP contribution >= 0.6 is 11.8 Å². The molecule has 0 saturated heterocycles. The third-order valence-corrected chi connectivity index (χ3v) is 3.70. The van der Waals surface area contributed by atoms with Crippen LogP contribution < -0.4 is 0 Å². The van der Waals surface area contributed by atoms with Crippen LogP contribution in [0.5, 0.6) is 0 Å². The molecule has 0 unspecified atom stereocenters. The monoisotopic (exact) mass is 255 g/mol. The molecule has 17 heavy (non-hydrogen) atoms. The zero-order valence-electron chi connectivity index (χ0n) is 9.54. The van der Waals surface area contributed by atoms with E-state index in [1.54, 1.807) is 26.0 Å². The average Bonchev–Trinajstić information content (AvgIpc) is 2.27. The maximum atomic E-state index is 10.9. The molecule has 1 aromatic rings. The fourth-order valence-corrected chi connectivity index (χ4v) is 1.97. The van der Waals surface area contributed by atoms with Gasteiger partial charge >= 0.3 is 5.97 Å². The number of non-ortho nitro benzene ring substituents is 1. The van der Waals surface area contributed by atoms with E-state index in [9.17, 15) is 14.9 Å². The number of carbonyl (C=O) groups is 1. The predicted molar refractivity (Wildman–Crippen MR) is 65.2 cm³/mol. The van der Waals surface area contributed by atoms with E-state index >= 15 is 0 Å². The molecular formula is C11H13NO4S. The first kappa shape index (κ1) is 13.5. The van der Waals surface area contributed by atoms with Crippen LogP contribution in [-0.2, 0) is 4.79 Å². The zero-order valence-corrected chi connectivity index (χ0v) is 10.4. The topological polar surface area (TPSA) is 80.4 Å². The first-order valence-electron chi connectivity index (χ1n) is 4.93. The number of hydrogen-bond donors (Lipinski definition) is 1. The van der Waals surface area contributed by atoms with Gasteiger partial charge in [-0.15, -0.1) is 11.8 Å². The molecule has 0 heterocycles. The molecule has 0 aromatic heterocycles. The second-order valence-corrected chi connectivity index (χ2v) is 5.28. The summed E-state index contributed by atoms with van der Waals surface area (Å²) in [5.74, 6) is -0.438. The van der Waals surface area contributed by atoms with Gasteiger partial charge in [0.2, 0.25) is 0 Å². The summed E-state index contributed by atoms with van der Waals surface area (Å²) in [5, 5.41) is 19.4. The molecule has 0 aliphatic rings. The summed E-state index contributed by atoms with van der Waals surface area (Å²) in [5.41, 5.74) is -0.779. The van der Waals surface area contributed by atoms with Crippen molar-refractivity contribution in [2.45, 2.75) is 18.7 Å². The van der Waals surface area contributed by atoms with E-state index in [2.05, 4.69) is 0 Å². The van der Waals surface area contributed by atoms with Gasteiger partial charge in [0.1, 0.15) is 0 Å². The minimum Gasteiger partial charge on any atom is -0.481 e. The van der Waals surface area contributed by atoms with E-state index < -0.39 is 16.3 Å². The summed E-state index contributed by atoms with van der Waals surface area (Å²) in [4.78, 5) is 21.7. The molecule has 0 bridgehead atoms. The predicted octanol–water partition coefficient (Wildman–Crippen LogP) is 2.80. The van der Waals surface area contributed by atoms with Gasteiger partial charge in [-0.1, -0.05) is 0 Å². The lowest BCUT2D eigenvalue weighted by Gasteiger charge is -2.17. The van der Waals surface area contributed by atoms with Crippen LogP contribution in [0.15, 0.2) is 29.2 Å². The minimum atomic E-state index is -0.855. The van der Waals surface area contributed by atoms with Crippen molar-refractivity contribution in [1.82, 2.24) is 0 Å². The number of rotatable bonds is 5. The summed E-state index contributed by atoms with van der Waals surface area (Å²) in [6.45, 7) is 3.29. The normalized spacial score (nSPS) is 11.2. The standard InChI is InChI=1S/C11H13NO4S/c1-11(2,10(13)14)7-17-9-5-3-8(4-6-9)12(15)16/h3-6H,7H2,1-2H3,(H,13,14). The van der Waals surface area contributed by atoms with Gasteiger partial charge in [-0.25, -0.2) is 0 Å². The summed E-state index contributed by atoms with van der Waals surface area (Å²) in [7, 11) is 0. The Bertz CT molecular complexity index is 428. The molecule has 0 saturated carbocycles. The minimum absolute atomic E-state index is 0.0341. The summed E-state index contributed by atoms with van der Waals surface area (Å²) >= 11 is 1.37. The van der Waals surface area contributed by atoms with Gasteiger partial charge in [0.05, 0.1) is 10.3 Å². The Morgan fingerprint density at radius 1 is 1.41 bits per heavy atom. The maximum Gasteiger partial charge on any atom is 0.309 e. The molecule has 92 valence electrons. The van der Waals surface area contributed by atoms with Crippen LogP contribution in [0, 0.1) is 15.5 Å². The Kier molecular flexibility index (Phi) is 4.11. The Morgan fingerprint density at radius 2 is 1.94 bits per heavy atom. The molecule has 1 aromatic carbocycles. The van der Waals surface area contributed by atoms with E-state index in [0.717, 1.165) is 4.90 Å². The van der Waals surface area contributed by atoms with E-state index in [0.29, 0.717) is 5.75 Å². The summed E-state index contributed by atoms with van der Waals surface area (Å²) in [6, 6.07) is 6.08. The number of nitro groups is 1. The van der Waals surface area contributed by atoms with Crippen molar-refractivity contribution in [3.05, 3.63) is 34.4 Å². The molecule has 0 atom stereocenters. The average molecular weight is 255 g/mol. The number of benzene rings is 1. The fourth-order valence-electron chi connectivity index (χ4n) is 0.990. The highest BCUT2D eigenvalue weighted by molar-refractivity contribution is 7.99. The second kappa shape index (κ2) is 5.18. The van der Waals surface area contributed by atoms with Crippen molar-refractivity contribution in [2.75, 3.05) is 5.75 Å². The SMILES string of the molecule is CC(C)(CSc1ccc([N+](=O)[O-])cc1)C(=O)O. The number of carboxylic acids is 1. The van der Waals surface area contributed by atoms with Gasteiger partial charge in [-0.05, 0) is 26.0 Å². The number of nitrogens with zero attached hydrogens (tertiary/aromatic N) is 1. The number of carboxylic acid groups (broad SMARTS) is 1. The molecule has 5 nitrogen and oxygen atoms in total. The molecule has 0 spiro atoms. The largest absolute Gasteiger partial charge is 0.481 e. The van der Waals surface area contributed by atoms with Crippen LogP contribution in [0.4, 0.5) is 5.69 Å². The highest BCUT2D eigenvalue weighted by atomic mass is 32.2. The van der Waals surface area contributed by atoms with Gasteiger partial charge in [-0.2, -0.15) is 0 Å². The maximum absolute atomic E-state index is 10.9. The van der Waals surface area contributed by atoms with E-state index in [1.807, 2.05) is 0 Å². The van der Waals surface area contributed by atoms with Gasteiger partial charge in [0, 0.05) is 22.8 Å². The molecule has 0 fully saturated rings. The third kappa shape index (κ3) is 3.74. The van der Waals surface area contributed by atoms with Gasteiger partial charge in [-0.3, -0.25) is 14.9 Å². The van der Waals surface area contributed by atoms with Crippen LogP contribution in [0.3, 0.4) is 0 Å². The van der Waals surface area contributed by atoms with Crippen molar-refractivity contribution in [3.8, 4) is 0 Å². The number of hydrogen-bond acceptors (Lipinski definition) is 4. The second-order valence-electron chi connectivity index (χ2n) is 4.23. The van der Waals surface area contributed by atoms with Gasteiger partial charge in [0.25, 0.3) is 5.69 Å². The molecular weight excluding hydrogens is 242 g/mol. The zero-order chi connectivity index (χ0) is 13.1. The quantitative estimate of drug-likeness (QED) is 0.497. The lowest BCUT2D eigenvalue weighted by atomic mass is 9.97. The van der Waals surface area contributed by atoms with E-state index in [-0.39, 0.29) is 5.69 Å². The molecule has 0 aliphatic carbocycles. The van der Waals surface area contributed by atoms with E-state index in [1.165, 1.54) is 23.9 Å². The third-order valence-electron chi connectivity index (χ3n) is 2.23. The van der Waals surface area contributed by atoms with Crippen molar-refractivity contribution in [1.29, 1.82) is 0 Å². The number of nitro benzene ring substituents is 1. The fraction of sp³-hybridized carbons (Fsp3) is 0.364. The molecule has 0 amide bonds. The first-order valence-corrected chi connectivity index (χ1v) is 5.92. The van der Waals surface area contributed by atoms with Crippen LogP contribution in [0.2, 0.25) is 0 Å². The molecule has 1 N–H and O–H groups in total. The van der Waals surface area contributed by atoms with Gasteiger partial charge < -0.3 is 5.11 Å². The lowest BCUT2D eigenvalue weighted by molar-refractivity contribution is -0.384. The Balaban J connectivity index is 2.65. The summed E-state index contributed by atoms with van der Waals surface area (Å²) in [6.07, 6.45) is 0. The molecule has 1 rings (SSSR count). The smallest absolute Gasteiger partial charge is 0.309 e. The first-order chi connectivity index (χ1) is 7.83. The molecule has 0 aliphatic heterocycles. The Hall–Kier alpha value is -1.56. The van der Waals surface area contributed by atoms with Crippen LogP contribution in [-0.4, -0.2) is 21.8 Å². The molecule has 0 radical (unpaired) electrons. The number of thioether (sulfide) groups is 1. The van der Waals surface area contributed by atoms with Gasteiger partial charge in [0.15, 0.2) is 0 Å². The highest BCUT2D eigenvalue weighted by Gasteiger charge is 2.27. The Morgan fingerprint density at radius 3 is 2.35 bits per heavy atom. The van der Waals surface area contributed by atoms with Crippen molar-refractivity contribution < 1.29 is 14.8 Å².